The summed E-state index contributed by atoms with van der Waals surface area (Å²) in [6, 6.07) is 15.2. The van der Waals surface area contributed by atoms with Crippen LogP contribution >= 0.6 is 11.8 Å². The van der Waals surface area contributed by atoms with Crippen molar-refractivity contribution in [3.63, 3.8) is 0 Å². The Balaban J connectivity index is 1.80. The monoisotopic (exact) mass is 337 g/mol. The number of rotatable bonds is 7. The maximum Gasteiger partial charge on any atom is 0.288 e. The van der Waals surface area contributed by atoms with E-state index in [4.69, 9.17) is 0 Å². The highest BCUT2D eigenvalue weighted by Gasteiger charge is 2.10. The van der Waals surface area contributed by atoms with Crippen molar-refractivity contribution in [1.29, 1.82) is 0 Å². The van der Waals surface area contributed by atoms with E-state index in [2.05, 4.69) is 5.32 Å². The van der Waals surface area contributed by atoms with E-state index in [9.17, 15) is 18.7 Å². The highest BCUT2D eigenvalue weighted by atomic mass is 32.2. The van der Waals surface area contributed by atoms with Crippen LogP contribution in [0.3, 0.4) is 0 Å². The molecule has 3 nitrogen and oxygen atoms in total. The Labute approximate surface area is 137 Å². The van der Waals surface area contributed by atoms with Gasteiger partial charge in [-0.15, -0.1) is 0 Å². The summed E-state index contributed by atoms with van der Waals surface area (Å²) in [5.41, 5.74) is 1.20. The van der Waals surface area contributed by atoms with Crippen LogP contribution in [0.15, 0.2) is 59.5 Å². The SMILES string of the molecule is O=C(NCCC(O)c1ccccc1)c1ccc(SC(F)F)cc1. The lowest BCUT2D eigenvalue weighted by molar-refractivity contribution is 0.0942. The Hall–Kier alpha value is -1.92. The normalized spacial score (nSPS) is 12.2. The van der Waals surface area contributed by atoms with Crippen molar-refractivity contribution in [2.45, 2.75) is 23.2 Å². The van der Waals surface area contributed by atoms with Crippen LogP contribution < -0.4 is 5.32 Å². The van der Waals surface area contributed by atoms with E-state index in [0.29, 0.717) is 35.2 Å². The smallest absolute Gasteiger partial charge is 0.288 e. The molecule has 0 radical (unpaired) electrons. The molecule has 0 fully saturated rings. The van der Waals surface area contributed by atoms with Gasteiger partial charge in [-0.05, 0) is 36.2 Å². The number of aliphatic hydroxyl groups is 1. The molecule has 0 aliphatic rings. The van der Waals surface area contributed by atoms with E-state index < -0.39 is 11.9 Å². The van der Waals surface area contributed by atoms with Gasteiger partial charge in [-0.1, -0.05) is 42.1 Å². The number of benzene rings is 2. The molecular weight excluding hydrogens is 320 g/mol. The van der Waals surface area contributed by atoms with Gasteiger partial charge in [-0.2, -0.15) is 8.78 Å². The van der Waals surface area contributed by atoms with Crippen LogP contribution in [0.25, 0.3) is 0 Å². The second-order valence-corrected chi connectivity index (χ2v) is 5.94. The molecule has 1 amide bonds. The predicted molar refractivity (Wildman–Crippen MR) is 86.7 cm³/mol. The van der Waals surface area contributed by atoms with Gasteiger partial charge in [0.15, 0.2) is 0 Å². The summed E-state index contributed by atoms with van der Waals surface area (Å²) >= 11 is 0.440. The first-order chi connectivity index (χ1) is 11.1. The van der Waals surface area contributed by atoms with Gasteiger partial charge in [-0.3, -0.25) is 4.79 Å². The minimum absolute atomic E-state index is 0.293. The minimum atomic E-state index is -2.48. The zero-order chi connectivity index (χ0) is 16.7. The Morgan fingerprint density at radius 2 is 1.74 bits per heavy atom. The number of hydrogen-bond acceptors (Lipinski definition) is 3. The van der Waals surface area contributed by atoms with Gasteiger partial charge < -0.3 is 10.4 Å². The molecule has 6 heteroatoms. The number of hydrogen-bond donors (Lipinski definition) is 2. The van der Waals surface area contributed by atoms with Crippen LogP contribution in [0, 0.1) is 0 Å². The van der Waals surface area contributed by atoms with Crippen molar-refractivity contribution in [2.75, 3.05) is 6.54 Å². The van der Waals surface area contributed by atoms with E-state index in [-0.39, 0.29) is 5.91 Å². The van der Waals surface area contributed by atoms with Crippen molar-refractivity contribution in [3.05, 3.63) is 65.7 Å². The fraction of sp³-hybridized carbons (Fsp3) is 0.235. The van der Waals surface area contributed by atoms with E-state index in [1.807, 2.05) is 30.3 Å². The highest BCUT2D eigenvalue weighted by molar-refractivity contribution is 7.99. The molecule has 0 aliphatic heterocycles. The lowest BCUT2D eigenvalue weighted by atomic mass is 10.1. The molecule has 1 atom stereocenters. The number of nitrogens with one attached hydrogen (secondary N) is 1. The van der Waals surface area contributed by atoms with E-state index in [1.165, 1.54) is 24.3 Å². The van der Waals surface area contributed by atoms with Crippen LogP contribution in [-0.4, -0.2) is 23.3 Å². The Bertz CT molecular complexity index is 620. The van der Waals surface area contributed by atoms with Crippen LogP contribution in [-0.2, 0) is 0 Å². The maximum absolute atomic E-state index is 12.2. The van der Waals surface area contributed by atoms with Crippen molar-refractivity contribution in [3.8, 4) is 0 Å². The molecule has 0 aliphatic carbocycles. The third-order valence-electron chi connectivity index (χ3n) is 3.23. The summed E-state index contributed by atoms with van der Waals surface area (Å²) in [6.07, 6.45) is -0.240. The number of thioether (sulfide) groups is 1. The highest BCUT2D eigenvalue weighted by Crippen LogP contribution is 2.25. The molecular formula is C17H17F2NO2S. The first kappa shape index (κ1) is 17.4. The average Bonchev–Trinajstić information content (AvgIpc) is 2.55. The van der Waals surface area contributed by atoms with Crippen molar-refractivity contribution >= 4 is 17.7 Å². The summed E-state index contributed by atoms with van der Waals surface area (Å²) in [6.45, 7) is 0.322. The number of carbonyl (C=O) groups is 1. The van der Waals surface area contributed by atoms with Crippen LogP contribution in [0.1, 0.15) is 28.4 Å². The zero-order valence-corrected chi connectivity index (χ0v) is 13.1. The third-order valence-corrected chi connectivity index (χ3v) is 3.95. The van der Waals surface area contributed by atoms with Crippen molar-refractivity contribution < 1.29 is 18.7 Å². The second kappa shape index (κ2) is 8.64. The largest absolute Gasteiger partial charge is 0.388 e. The number of amides is 1. The summed E-state index contributed by atoms with van der Waals surface area (Å²) in [4.78, 5) is 12.4. The lowest BCUT2D eigenvalue weighted by Crippen LogP contribution is -2.25. The molecule has 2 aromatic rings. The van der Waals surface area contributed by atoms with Crippen LogP contribution in [0.2, 0.25) is 0 Å². The lowest BCUT2D eigenvalue weighted by Gasteiger charge is -2.11. The van der Waals surface area contributed by atoms with Gasteiger partial charge >= 0.3 is 0 Å². The molecule has 2 aromatic carbocycles. The van der Waals surface area contributed by atoms with E-state index in [1.54, 1.807) is 0 Å². The number of alkyl halides is 2. The standard InChI is InChI=1S/C17H17F2NO2S/c18-17(19)23-14-8-6-13(7-9-14)16(22)20-11-10-15(21)12-4-2-1-3-5-12/h1-9,15,17,21H,10-11H2,(H,20,22). The fourth-order valence-electron chi connectivity index (χ4n) is 2.05. The molecule has 122 valence electrons. The summed E-state index contributed by atoms with van der Waals surface area (Å²) < 4.78 is 24.4. The van der Waals surface area contributed by atoms with Crippen LogP contribution in [0.4, 0.5) is 8.78 Å². The quantitative estimate of drug-likeness (QED) is 0.755. The summed E-state index contributed by atoms with van der Waals surface area (Å²) in [5, 5.41) is 12.7. The molecule has 2 rings (SSSR count). The molecule has 0 heterocycles. The number of aliphatic hydroxyl groups excluding tert-OH is 1. The fourth-order valence-corrected chi connectivity index (χ4v) is 2.55. The Kier molecular flexibility index (Phi) is 6.55. The van der Waals surface area contributed by atoms with Gasteiger partial charge in [0.25, 0.3) is 11.7 Å². The van der Waals surface area contributed by atoms with Gasteiger partial charge in [0.2, 0.25) is 0 Å². The molecule has 0 saturated carbocycles. The molecule has 23 heavy (non-hydrogen) atoms. The first-order valence-corrected chi connectivity index (χ1v) is 8.00. The summed E-state index contributed by atoms with van der Waals surface area (Å²) in [5.74, 6) is -2.77. The van der Waals surface area contributed by atoms with Gasteiger partial charge in [0.1, 0.15) is 0 Å². The van der Waals surface area contributed by atoms with Gasteiger partial charge in [0.05, 0.1) is 6.10 Å². The Morgan fingerprint density at radius 3 is 2.35 bits per heavy atom. The molecule has 0 spiro atoms. The minimum Gasteiger partial charge on any atom is -0.388 e. The van der Waals surface area contributed by atoms with Gasteiger partial charge in [-0.25, -0.2) is 0 Å². The first-order valence-electron chi connectivity index (χ1n) is 7.12. The Morgan fingerprint density at radius 1 is 1.09 bits per heavy atom. The molecule has 0 saturated heterocycles. The number of halogens is 2. The van der Waals surface area contributed by atoms with Crippen LogP contribution in [0.5, 0.6) is 0 Å². The molecule has 0 bridgehead atoms. The molecule has 2 N–H and O–H groups in total. The predicted octanol–water partition coefficient (Wildman–Crippen LogP) is 3.85. The second-order valence-electron chi connectivity index (χ2n) is 4.87. The van der Waals surface area contributed by atoms with Crippen molar-refractivity contribution in [1.82, 2.24) is 5.32 Å². The molecule has 0 aromatic heterocycles. The summed E-state index contributed by atoms with van der Waals surface area (Å²) in [7, 11) is 0. The third kappa shape index (κ3) is 5.65. The molecule has 1 unspecified atom stereocenters. The zero-order valence-electron chi connectivity index (χ0n) is 12.3. The maximum atomic E-state index is 12.2. The topological polar surface area (TPSA) is 49.3 Å². The number of carbonyl (C=O) groups excluding carboxylic acids is 1. The van der Waals surface area contributed by atoms with Crippen molar-refractivity contribution in [2.24, 2.45) is 0 Å². The van der Waals surface area contributed by atoms with E-state index in [0.717, 1.165) is 5.56 Å². The average molecular weight is 337 g/mol. The van der Waals surface area contributed by atoms with E-state index >= 15 is 0 Å². The van der Waals surface area contributed by atoms with Gasteiger partial charge in [0, 0.05) is 17.0 Å².